The molecule has 1 aromatic carbocycles. The Morgan fingerprint density at radius 2 is 1.65 bits per heavy atom. The van der Waals surface area contributed by atoms with E-state index < -0.39 is 0 Å². The van der Waals surface area contributed by atoms with Gasteiger partial charge in [-0.25, -0.2) is 0 Å². The zero-order valence-electron chi connectivity index (χ0n) is 10.9. The molecule has 0 aliphatic heterocycles. The van der Waals surface area contributed by atoms with E-state index in [-0.39, 0.29) is 0 Å². The third-order valence-corrected chi connectivity index (χ3v) is 4.85. The van der Waals surface area contributed by atoms with Gasteiger partial charge < -0.3 is 0 Å². The van der Waals surface area contributed by atoms with E-state index in [1.165, 1.54) is 39.1 Å². The van der Waals surface area contributed by atoms with Crippen molar-refractivity contribution in [2.75, 3.05) is 0 Å². The zero-order valence-corrected chi connectivity index (χ0v) is 13.3. The van der Waals surface area contributed by atoms with Gasteiger partial charge in [-0.3, -0.25) is 0 Å². The predicted octanol–water partition coefficient (Wildman–Crippen LogP) is 6.29. The van der Waals surface area contributed by atoms with Gasteiger partial charge in [0, 0.05) is 9.38 Å². The molecule has 0 amide bonds. The van der Waals surface area contributed by atoms with Crippen LogP contribution in [0.25, 0.3) is 0 Å². The van der Waals surface area contributed by atoms with Crippen molar-refractivity contribution in [2.45, 2.75) is 51.3 Å². The molecule has 2 heteroatoms. The highest BCUT2D eigenvalue weighted by molar-refractivity contribution is 9.11. The molecule has 0 atom stereocenters. The molecule has 0 heterocycles. The monoisotopic (exact) mass is 312 g/mol. The number of halogens is 1. The molecule has 0 radical (unpaired) electrons. The van der Waals surface area contributed by atoms with Crippen LogP contribution in [0, 0.1) is 6.92 Å². The summed E-state index contributed by atoms with van der Waals surface area (Å²) in [5.74, 6) is 0. The quantitative estimate of drug-likeness (QED) is 0.556. The fraction of sp³-hybridized carbons (Fsp3) is 0.467. The first kappa shape index (κ1) is 14.8. The molecule has 0 aliphatic carbocycles. The lowest BCUT2D eigenvalue weighted by Crippen LogP contribution is -1.84. The molecule has 0 saturated carbocycles. The maximum Gasteiger partial charge on any atom is 0.0119 e. The van der Waals surface area contributed by atoms with Gasteiger partial charge in [0.2, 0.25) is 0 Å². The van der Waals surface area contributed by atoms with Crippen LogP contribution < -0.4 is 0 Å². The second kappa shape index (κ2) is 7.99. The molecule has 17 heavy (non-hydrogen) atoms. The van der Waals surface area contributed by atoms with E-state index in [9.17, 15) is 0 Å². The number of thioether (sulfide) groups is 1. The van der Waals surface area contributed by atoms with Gasteiger partial charge >= 0.3 is 0 Å². The van der Waals surface area contributed by atoms with Crippen LogP contribution in [0.2, 0.25) is 0 Å². The summed E-state index contributed by atoms with van der Waals surface area (Å²) in [4.78, 5) is 2.82. The summed E-state index contributed by atoms with van der Waals surface area (Å²) in [6.45, 7) is 6.59. The predicted molar refractivity (Wildman–Crippen MR) is 82.8 cm³/mol. The van der Waals surface area contributed by atoms with Gasteiger partial charge in [-0.1, -0.05) is 72.1 Å². The lowest BCUT2D eigenvalue weighted by molar-refractivity contribution is 0.905. The van der Waals surface area contributed by atoms with Crippen molar-refractivity contribution in [2.24, 2.45) is 0 Å². The standard InChI is InChI=1S/C15H21BrS/c1-4-6-14(16)15(7-5-2)17-13-10-8-12(3)9-11-13/h8-11H,4-7H2,1-3H3/b15-14+. The summed E-state index contributed by atoms with van der Waals surface area (Å²) in [7, 11) is 0. The molecule has 0 nitrogen and oxygen atoms in total. The van der Waals surface area contributed by atoms with Gasteiger partial charge in [0.25, 0.3) is 0 Å². The van der Waals surface area contributed by atoms with Crippen molar-refractivity contribution in [1.29, 1.82) is 0 Å². The topological polar surface area (TPSA) is 0 Å². The molecule has 94 valence electrons. The van der Waals surface area contributed by atoms with Crippen LogP contribution in [-0.4, -0.2) is 0 Å². The molecule has 1 aromatic rings. The van der Waals surface area contributed by atoms with Gasteiger partial charge in [-0.2, -0.15) is 0 Å². The van der Waals surface area contributed by atoms with Gasteiger partial charge in [0.1, 0.15) is 0 Å². The zero-order chi connectivity index (χ0) is 12.7. The van der Waals surface area contributed by atoms with Crippen LogP contribution in [0.4, 0.5) is 0 Å². The molecule has 0 saturated heterocycles. The van der Waals surface area contributed by atoms with E-state index in [1.54, 1.807) is 0 Å². The number of hydrogen-bond donors (Lipinski definition) is 0. The molecule has 0 bridgehead atoms. The molecular weight excluding hydrogens is 292 g/mol. The van der Waals surface area contributed by atoms with Crippen LogP contribution in [0.3, 0.4) is 0 Å². The van der Waals surface area contributed by atoms with Crippen LogP contribution in [0.15, 0.2) is 38.5 Å². The van der Waals surface area contributed by atoms with Crippen LogP contribution in [0.1, 0.15) is 45.1 Å². The minimum absolute atomic E-state index is 1.15. The van der Waals surface area contributed by atoms with E-state index in [0.717, 1.165) is 6.42 Å². The average molecular weight is 313 g/mol. The molecular formula is C15H21BrS. The normalized spacial score (nSPS) is 12.5. The summed E-state index contributed by atoms with van der Waals surface area (Å²) in [6, 6.07) is 8.78. The van der Waals surface area contributed by atoms with E-state index in [4.69, 9.17) is 0 Å². The maximum absolute atomic E-state index is 3.74. The van der Waals surface area contributed by atoms with Crippen LogP contribution in [0.5, 0.6) is 0 Å². The summed E-state index contributed by atoms with van der Waals surface area (Å²) in [5.41, 5.74) is 1.32. The molecule has 0 aromatic heterocycles. The van der Waals surface area contributed by atoms with Gasteiger partial charge in [0.15, 0.2) is 0 Å². The SMILES string of the molecule is CCC/C(Br)=C(/CCC)Sc1ccc(C)cc1. The molecule has 0 aliphatic rings. The first-order chi connectivity index (χ1) is 8.17. The van der Waals surface area contributed by atoms with Crippen molar-refractivity contribution >= 4 is 27.7 Å². The summed E-state index contributed by atoms with van der Waals surface area (Å²) < 4.78 is 1.38. The average Bonchev–Trinajstić information content (AvgIpc) is 2.31. The van der Waals surface area contributed by atoms with Crippen molar-refractivity contribution < 1.29 is 0 Å². The number of benzene rings is 1. The number of hydrogen-bond acceptors (Lipinski definition) is 1. The number of allylic oxidation sites excluding steroid dienone is 2. The second-order valence-electron chi connectivity index (χ2n) is 4.24. The van der Waals surface area contributed by atoms with Crippen molar-refractivity contribution in [3.8, 4) is 0 Å². The third-order valence-electron chi connectivity index (χ3n) is 2.51. The Morgan fingerprint density at radius 1 is 1.06 bits per heavy atom. The van der Waals surface area contributed by atoms with Crippen LogP contribution >= 0.6 is 27.7 Å². The van der Waals surface area contributed by atoms with Crippen molar-refractivity contribution in [3.63, 3.8) is 0 Å². The first-order valence-corrected chi connectivity index (χ1v) is 7.90. The van der Waals surface area contributed by atoms with Gasteiger partial charge in [-0.05, 0) is 36.8 Å². The second-order valence-corrected chi connectivity index (χ2v) is 6.37. The van der Waals surface area contributed by atoms with E-state index >= 15 is 0 Å². The summed E-state index contributed by atoms with van der Waals surface area (Å²) in [6.07, 6.45) is 4.71. The highest BCUT2D eigenvalue weighted by Crippen LogP contribution is 2.35. The minimum atomic E-state index is 1.15. The van der Waals surface area contributed by atoms with Crippen molar-refractivity contribution in [3.05, 3.63) is 39.2 Å². The smallest absolute Gasteiger partial charge is 0.0119 e. The first-order valence-electron chi connectivity index (χ1n) is 6.29. The minimum Gasteiger partial charge on any atom is -0.0937 e. The summed E-state index contributed by atoms with van der Waals surface area (Å²) in [5, 5.41) is 0. The van der Waals surface area contributed by atoms with Gasteiger partial charge in [-0.15, -0.1) is 0 Å². The molecule has 0 fully saturated rings. The Morgan fingerprint density at radius 3 is 2.18 bits per heavy atom. The highest BCUT2D eigenvalue weighted by atomic mass is 79.9. The molecule has 0 unspecified atom stereocenters. The van der Waals surface area contributed by atoms with E-state index in [1.807, 2.05) is 11.8 Å². The van der Waals surface area contributed by atoms with Gasteiger partial charge in [0.05, 0.1) is 0 Å². The Hall–Kier alpha value is -0.210. The Labute approximate surface area is 118 Å². The lowest BCUT2D eigenvalue weighted by atomic mass is 10.2. The number of rotatable bonds is 6. The van der Waals surface area contributed by atoms with Crippen molar-refractivity contribution in [1.82, 2.24) is 0 Å². The molecule has 0 spiro atoms. The Bertz CT molecular complexity index is 365. The molecule has 1 rings (SSSR count). The van der Waals surface area contributed by atoms with Crippen LogP contribution in [-0.2, 0) is 0 Å². The largest absolute Gasteiger partial charge is 0.0937 e. The highest BCUT2D eigenvalue weighted by Gasteiger charge is 2.05. The van der Waals surface area contributed by atoms with E-state index in [2.05, 4.69) is 61.0 Å². The summed E-state index contributed by atoms with van der Waals surface area (Å²) >= 11 is 5.64. The fourth-order valence-corrected chi connectivity index (χ4v) is 3.49. The number of aryl methyl sites for hydroxylation is 1. The maximum atomic E-state index is 3.74. The molecule has 0 N–H and O–H groups in total. The van der Waals surface area contributed by atoms with E-state index in [0.29, 0.717) is 0 Å². The lowest BCUT2D eigenvalue weighted by Gasteiger charge is -2.10. The fourth-order valence-electron chi connectivity index (χ4n) is 1.58. The third kappa shape index (κ3) is 5.31. The Kier molecular flexibility index (Phi) is 6.98. The Balaban J connectivity index is 2.79.